The zero-order valence-electron chi connectivity index (χ0n) is 9.36. The van der Waals surface area contributed by atoms with Gasteiger partial charge in [-0.25, -0.2) is 0 Å². The summed E-state index contributed by atoms with van der Waals surface area (Å²) in [7, 11) is 0. The van der Waals surface area contributed by atoms with Gasteiger partial charge >= 0.3 is 0 Å². The maximum absolute atomic E-state index is 9.84. The first-order valence-electron chi connectivity index (χ1n) is 5.54. The second-order valence-electron chi connectivity index (χ2n) is 4.66. The van der Waals surface area contributed by atoms with Gasteiger partial charge in [-0.1, -0.05) is 32.0 Å². The number of rotatable bonds is 4. The summed E-state index contributed by atoms with van der Waals surface area (Å²) in [4.78, 5) is 0. The predicted molar refractivity (Wildman–Crippen MR) is 66.6 cm³/mol. The molecule has 1 N–H and O–H groups in total. The first kappa shape index (κ1) is 10.9. The van der Waals surface area contributed by atoms with Gasteiger partial charge in [0.25, 0.3) is 0 Å². The Kier molecular flexibility index (Phi) is 2.96. The van der Waals surface area contributed by atoms with Crippen molar-refractivity contribution in [3.63, 3.8) is 0 Å². The lowest BCUT2D eigenvalue weighted by Gasteiger charge is -2.17. The van der Waals surface area contributed by atoms with Crippen LogP contribution in [0.15, 0.2) is 24.3 Å². The van der Waals surface area contributed by atoms with E-state index in [0.29, 0.717) is 11.0 Å². The molecule has 82 valence electrons. The van der Waals surface area contributed by atoms with Gasteiger partial charge in [0.1, 0.15) is 5.75 Å². The summed E-state index contributed by atoms with van der Waals surface area (Å²) in [5.41, 5.74) is 1.43. The van der Waals surface area contributed by atoms with E-state index in [2.05, 4.69) is 19.9 Å². The second-order valence-corrected chi connectivity index (χ2v) is 6.22. The number of hydrogen-bond acceptors (Lipinski definition) is 2. The van der Waals surface area contributed by atoms with E-state index in [0.717, 1.165) is 11.3 Å². The van der Waals surface area contributed by atoms with E-state index in [4.69, 9.17) is 0 Å². The fourth-order valence-electron chi connectivity index (χ4n) is 1.89. The molecule has 0 unspecified atom stereocenters. The molecule has 1 fully saturated rings. The van der Waals surface area contributed by atoms with Gasteiger partial charge in [0.2, 0.25) is 0 Å². The van der Waals surface area contributed by atoms with E-state index in [-0.39, 0.29) is 5.41 Å². The Hall–Kier alpha value is -0.630. The smallest absolute Gasteiger partial charge is 0.119 e. The molecule has 2 rings (SSSR count). The van der Waals surface area contributed by atoms with Crippen LogP contribution >= 0.6 is 11.8 Å². The van der Waals surface area contributed by atoms with Gasteiger partial charge in [0.05, 0.1) is 0 Å². The number of thioether (sulfide) groups is 1. The Labute approximate surface area is 95.9 Å². The molecule has 0 bridgehead atoms. The molecule has 0 atom stereocenters. The summed E-state index contributed by atoms with van der Waals surface area (Å²) in [6, 6.07) is 7.79. The van der Waals surface area contributed by atoms with Crippen molar-refractivity contribution >= 4 is 11.8 Å². The van der Waals surface area contributed by atoms with Crippen molar-refractivity contribution in [3.05, 3.63) is 29.8 Å². The molecule has 1 aromatic carbocycles. The lowest BCUT2D eigenvalue weighted by atomic mass is 9.97. The van der Waals surface area contributed by atoms with Gasteiger partial charge < -0.3 is 5.11 Å². The first-order chi connectivity index (χ1) is 7.14. The molecule has 1 aromatic rings. The molecule has 1 nitrogen and oxygen atoms in total. The van der Waals surface area contributed by atoms with Crippen LogP contribution in [0.5, 0.6) is 5.75 Å². The molecule has 0 aliphatic heterocycles. The molecule has 0 radical (unpaired) electrons. The molecule has 1 aliphatic carbocycles. The average Bonchev–Trinajstić information content (AvgIpc) is 2.97. The summed E-state index contributed by atoms with van der Waals surface area (Å²) in [5.74, 6) is 1.61. The number of hydrogen-bond donors (Lipinski definition) is 1. The first-order valence-corrected chi connectivity index (χ1v) is 6.59. The van der Waals surface area contributed by atoms with Crippen LogP contribution in [0.3, 0.4) is 0 Å². The van der Waals surface area contributed by atoms with Crippen molar-refractivity contribution in [2.45, 2.75) is 37.4 Å². The van der Waals surface area contributed by atoms with E-state index in [1.165, 1.54) is 12.8 Å². The molecule has 0 spiro atoms. The minimum absolute atomic E-state index is 0.278. The number of benzene rings is 1. The topological polar surface area (TPSA) is 20.2 Å². The summed E-state index contributed by atoms with van der Waals surface area (Å²) in [5, 5.41) is 10.5. The standard InChI is InChI=1S/C13H18OS/c1-10(2)15-9-13(7-8-13)11-5-3-4-6-12(11)14/h3-6,10,14H,7-9H2,1-2H3. The van der Waals surface area contributed by atoms with Gasteiger partial charge in [-0.15, -0.1) is 0 Å². The minimum atomic E-state index is 0.278. The Morgan fingerprint density at radius 2 is 2.00 bits per heavy atom. The van der Waals surface area contributed by atoms with Crippen molar-refractivity contribution in [2.24, 2.45) is 0 Å². The second kappa shape index (κ2) is 4.09. The zero-order valence-corrected chi connectivity index (χ0v) is 10.2. The van der Waals surface area contributed by atoms with Crippen LogP contribution in [0.25, 0.3) is 0 Å². The van der Waals surface area contributed by atoms with E-state index in [1.54, 1.807) is 6.07 Å². The predicted octanol–water partition coefficient (Wildman–Crippen LogP) is 3.57. The Balaban J connectivity index is 2.13. The summed E-state index contributed by atoms with van der Waals surface area (Å²) >= 11 is 1.99. The van der Waals surface area contributed by atoms with Crippen LogP contribution in [0.4, 0.5) is 0 Å². The van der Waals surface area contributed by atoms with Crippen molar-refractivity contribution in [1.82, 2.24) is 0 Å². The van der Waals surface area contributed by atoms with E-state index < -0.39 is 0 Å². The fraction of sp³-hybridized carbons (Fsp3) is 0.538. The third kappa shape index (κ3) is 2.31. The van der Waals surface area contributed by atoms with Crippen LogP contribution < -0.4 is 0 Å². The van der Waals surface area contributed by atoms with Crippen LogP contribution in [-0.2, 0) is 5.41 Å². The number of aromatic hydroxyl groups is 1. The number of para-hydroxylation sites is 1. The van der Waals surface area contributed by atoms with E-state index in [1.807, 2.05) is 23.9 Å². The van der Waals surface area contributed by atoms with Crippen molar-refractivity contribution in [2.75, 3.05) is 5.75 Å². The van der Waals surface area contributed by atoms with Crippen molar-refractivity contribution in [3.8, 4) is 5.75 Å². The molecule has 0 heterocycles. The third-order valence-corrected chi connectivity index (χ3v) is 4.41. The van der Waals surface area contributed by atoms with E-state index >= 15 is 0 Å². The van der Waals surface area contributed by atoms with Crippen molar-refractivity contribution < 1.29 is 5.11 Å². The quantitative estimate of drug-likeness (QED) is 0.840. The van der Waals surface area contributed by atoms with Crippen LogP contribution in [0.1, 0.15) is 32.3 Å². The maximum atomic E-state index is 9.84. The van der Waals surface area contributed by atoms with Gasteiger partial charge in [-0.3, -0.25) is 0 Å². The molecular weight excluding hydrogens is 204 g/mol. The maximum Gasteiger partial charge on any atom is 0.119 e. The molecule has 15 heavy (non-hydrogen) atoms. The Morgan fingerprint density at radius 3 is 2.53 bits per heavy atom. The SMILES string of the molecule is CC(C)SCC1(c2ccccc2O)CC1. The highest BCUT2D eigenvalue weighted by molar-refractivity contribution is 7.99. The Bertz CT molecular complexity index is 342. The fourth-order valence-corrected chi connectivity index (χ4v) is 2.99. The lowest BCUT2D eigenvalue weighted by molar-refractivity contribution is 0.462. The zero-order chi connectivity index (χ0) is 10.9. The monoisotopic (exact) mass is 222 g/mol. The highest BCUT2D eigenvalue weighted by atomic mass is 32.2. The van der Waals surface area contributed by atoms with Crippen LogP contribution in [0, 0.1) is 0 Å². The molecule has 0 amide bonds. The van der Waals surface area contributed by atoms with Gasteiger partial charge in [0.15, 0.2) is 0 Å². The Morgan fingerprint density at radius 1 is 1.33 bits per heavy atom. The number of phenols is 1. The highest BCUT2D eigenvalue weighted by Crippen LogP contribution is 2.53. The van der Waals surface area contributed by atoms with E-state index in [9.17, 15) is 5.11 Å². The third-order valence-electron chi connectivity index (χ3n) is 3.02. The molecule has 2 heteroatoms. The molecular formula is C13H18OS. The summed E-state index contributed by atoms with van der Waals surface area (Å²) < 4.78 is 0. The normalized spacial score (nSPS) is 18.1. The largest absolute Gasteiger partial charge is 0.508 e. The van der Waals surface area contributed by atoms with Gasteiger partial charge in [0, 0.05) is 16.7 Å². The average molecular weight is 222 g/mol. The lowest BCUT2D eigenvalue weighted by Crippen LogP contribution is -2.11. The van der Waals surface area contributed by atoms with Crippen molar-refractivity contribution in [1.29, 1.82) is 0 Å². The summed E-state index contributed by atoms with van der Waals surface area (Å²) in [6.45, 7) is 4.46. The van der Waals surface area contributed by atoms with Crippen LogP contribution in [-0.4, -0.2) is 16.1 Å². The summed E-state index contributed by atoms with van der Waals surface area (Å²) in [6.07, 6.45) is 2.45. The van der Waals surface area contributed by atoms with Gasteiger partial charge in [-0.05, 0) is 24.2 Å². The molecule has 1 aliphatic rings. The highest BCUT2D eigenvalue weighted by Gasteiger charge is 2.45. The molecule has 0 aromatic heterocycles. The van der Waals surface area contributed by atoms with Gasteiger partial charge in [-0.2, -0.15) is 11.8 Å². The van der Waals surface area contributed by atoms with Crippen LogP contribution in [0.2, 0.25) is 0 Å². The molecule has 1 saturated carbocycles. The number of phenolic OH excluding ortho intramolecular Hbond substituents is 1. The minimum Gasteiger partial charge on any atom is -0.508 e. The molecule has 0 saturated heterocycles.